The molecule has 1 aliphatic carbocycles. The SMILES string of the molecule is CC1(C)CC(=O)C=C1c1ccc2ccccc2c1. The molecule has 1 aliphatic rings. The fourth-order valence-electron chi connectivity index (χ4n) is 2.77. The highest BCUT2D eigenvalue weighted by atomic mass is 16.1. The number of fused-ring (bicyclic) bond motifs is 1. The maximum Gasteiger partial charge on any atom is 0.156 e. The van der Waals surface area contributed by atoms with Gasteiger partial charge in [0, 0.05) is 6.42 Å². The van der Waals surface area contributed by atoms with E-state index in [1.54, 1.807) is 0 Å². The molecule has 2 aromatic rings. The lowest BCUT2D eigenvalue weighted by atomic mass is 9.81. The van der Waals surface area contributed by atoms with E-state index in [1.807, 2.05) is 18.2 Å². The van der Waals surface area contributed by atoms with Crippen LogP contribution in [0.2, 0.25) is 0 Å². The molecule has 0 heterocycles. The van der Waals surface area contributed by atoms with Crippen molar-refractivity contribution < 1.29 is 4.79 Å². The quantitative estimate of drug-likeness (QED) is 0.724. The summed E-state index contributed by atoms with van der Waals surface area (Å²) in [6.07, 6.45) is 2.43. The van der Waals surface area contributed by atoms with E-state index >= 15 is 0 Å². The first-order valence-corrected chi connectivity index (χ1v) is 6.30. The van der Waals surface area contributed by atoms with Gasteiger partial charge in [-0.05, 0) is 39.5 Å². The highest BCUT2D eigenvalue weighted by molar-refractivity contribution is 6.04. The maximum atomic E-state index is 11.6. The Kier molecular flexibility index (Phi) is 2.37. The average molecular weight is 236 g/mol. The Morgan fingerprint density at radius 2 is 1.72 bits per heavy atom. The van der Waals surface area contributed by atoms with Crippen LogP contribution in [-0.4, -0.2) is 5.78 Å². The zero-order valence-corrected chi connectivity index (χ0v) is 10.7. The van der Waals surface area contributed by atoms with Crippen LogP contribution in [-0.2, 0) is 4.79 Å². The van der Waals surface area contributed by atoms with Crippen molar-refractivity contribution in [1.29, 1.82) is 0 Å². The molecule has 1 heteroatoms. The number of benzene rings is 2. The number of hydrogen-bond donors (Lipinski definition) is 0. The van der Waals surface area contributed by atoms with Gasteiger partial charge in [0.1, 0.15) is 0 Å². The number of ketones is 1. The monoisotopic (exact) mass is 236 g/mol. The van der Waals surface area contributed by atoms with Crippen LogP contribution in [0.15, 0.2) is 48.5 Å². The van der Waals surface area contributed by atoms with Crippen molar-refractivity contribution >= 4 is 22.1 Å². The fraction of sp³-hybridized carbons (Fsp3) is 0.235. The van der Waals surface area contributed by atoms with Crippen molar-refractivity contribution in [2.45, 2.75) is 20.3 Å². The minimum atomic E-state index is -0.0421. The lowest BCUT2D eigenvalue weighted by Crippen LogP contribution is -2.10. The Balaban J connectivity index is 2.15. The van der Waals surface area contributed by atoms with E-state index in [1.165, 1.54) is 21.9 Å². The Morgan fingerprint density at radius 3 is 2.39 bits per heavy atom. The molecule has 90 valence electrons. The smallest absolute Gasteiger partial charge is 0.156 e. The van der Waals surface area contributed by atoms with Crippen LogP contribution < -0.4 is 0 Å². The average Bonchev–Trinajstić information content (AvgIpc) is 2.62. The molecule has 3 rings (SSSR count). The lowest BCUT2D eigenvalue weighted by Gasteiger charge is -2.22. The second-order valence-electron chi connectivity index (χ2n) is 5.65. The predicted octanol–water partition coefficient (Wildman–Crippen LogP) is 4.22. The van der Waals surface area contributed by atoms with Gasteiger partial charge in [0.15, 0.2) is 5.78 Å². The van der Waals surface area contributed by atoms with Crippen LogP contribution in [0.5, 0.6) is 0 Å². The lowest BCUT2D eigenvalue weighted by molar-refractivity contribution is -0.114. The van der Waals surface area contributed by atoms with Crippen LogP contribution in [0.25, 0.3) is 16.3 Å². The summed E-state index contributed by atoms with van der Waals surface area (Å²) in [6, 6.07) is 14.7. The highest BCUT2D eigenvalue weighted by Gasteiger charge is 2.32. The highest BCUT2D eigenvalue weighted by Crippen LogP contribution is 2.43. The number of rotatable bonds is 1. The third kappa shape index (κ3) is 1.76. The van der Waals surface area contributed by atoms with Gasteiger partial charge >= 0.3 is 0 Å². The molecule has 0 radical (unpaired) electrons. The van der Waals surface area contributed by atoms with Crippen molar-refractivity contribution in [1.82, 2.24) is 0 Å². The molecule has 0 amide bonds. The summed E-state index contributed by atoms with van der Waals surface area (Å²) in [4.78, 5) is 11.6. The molecule has 0 saturated heterocycles. The van der Waals surface area contributed by atoms with Gasteiger partial charge in [-0.15, -0.1) is 0 Å². The van der Waals surface area contributed by atoms with Crippen molar-refractivity contribution in [3.05, 3.63) is 54.1 Å². The Morgan fingerprint density at radius 1 is 1.00 bits per heavy atom. The number of carbonyl (C=O) groups excluding carboxylic acids is 1. The summed E-state index contributed by atoms with van der Waals surface area (Å²) >= 11 is 0. The summed E-state index contributed by atoms with van der Waals surface area (Å²) in [5.74, 6) is 0.239. The largest absolute Gasteiger partial charge is 0.295 e. The van der Waals surface area contributed by atoms with Crippen molar-refractivity contribution in [2.24, 2.45) is 5.41 Å². The third-order valence-corrected chi connectivity index (χ3v) is 3.71. The van der Waals surface area contributed by atoms with Gasteiger partial charge in [0.25, 0.3) is 0 Å². The summed E-state index contributed by atoms with van der Waals surface area (Å²) < 4.78 is 0. The van der Waals surface area contributed by atoms with Crippen molar-refractivity contribution in [3.63, 3.8) is 0 Å². The Labute approximate surface area is 107 Å². The van der Waals surface area contributed by atoms with E-state index < -0.39 is 0 Å². The molecule has 0 aromatic heterocycles. The molecule has 0 N–H and O–H groups in total. The number of hydrogen-bond acceptors (Lipinski definition) is 1. The molecule has 2 aromatic carbocycles. The zero-order valence-electron chi connectivity index (χ0n) is 10.7. The standard InChI is InChI=1S/C17H16O/c1-17(2)11-15(18)10-16(17)14-8-7-12-5-3-4-6-13(12)9-14/h3-10H,11H2,1-2H3. The normalized spacial score (nSPS) is 18.1. The topological polar surface area (TPSA) is 17.1 Å². The Bertz CT molecular complexity index is 662. The van der Waals surface area contributed by atoms with E-state index in [0.717, 1.165) is 0 Å². The minimum absolute atomic E-state index is 0.0421. The summed E-state index contributed by atoms with van der Waals surface area (Å²) in [5, 5.41) is 2.47. The first-order chi connectivity index (χ1) is 8.56. The zero-order chi connectivity index (χ0) is 12.8. The number of carbonyl (C=O) groups is 1. The second kappa shape index (κ2) is 3.81. The van der Waals surface area contributed by atoms with Crippen LogP contribution in [0.3, 0.4) is 0 Å². The van der Waals surface area contributed by atoms with Gasteiger partial charge in [0.2, 0.25) is 0 Å². The molecular weight excluding hydrogens is 220 g/mol. The predicted molar refractivity (Wildman–Crippen MR) is 75.3 cm³/mol. The molecule has 1 nitrogen and oxygen atoms in total. The molecular formula is C17H16O. The van der Waals surface area contributed by atoms with E-state index in [-0.39, 0.29) is 11.2 Å². The van der Waals surface area contributed by atoms with E-state index in [9.17, 15) is 4.79 Å². The second-order valence-corrected chi connectivity index (χ2v) is 5.65. The van der Waals surface area contributed by atoms with Gasteiger partial charge in [-0.3, -0.25) is 4.79 Å². The fourth-order valence-corrected chi connectivity index (χ4v) is 2.77. The molecule has 0 atom stereocenters. The third-order valence-electron chi connectivity index (χ3n) is 3.71. The van der Waals surface area contributed by atoms with E-state index in [2.05, 4.69) is 44.2 Å². The van der Waals surface area contributed by atoms with Gasteiger partial charge < -0.3 is 0 Å². The van der Waals surface area contributed by atoms with Crippen molar-refractivity contribution in [3.8, 4) is 0 Å². The maximum absolute atomic E-state index is 11.6. The first-order valence-electron chi connectivity index (χ1n) is 6.30. The van der Waals surface area contributed by atoms with Crippen LogP contribution in [0.1, 0.15) is 25.8 Å². The van der Waals surface area contributed by atoms with E-state index in [4.69, 9.17) is 0 Å². The van der Waals surface area contributed by atoms with E-state index in [0.29, 0.717) is 6.42 Å². The van der Waals surface area contributed by atoms with Gasteiger partial charge in [-0.25, -0.2) is 0 Å². The minimum Gasteiger partial charge on any atom is -0.295 e. The van der Waals surface area contributed by atoms with Crippen molar-refractivity contribution in [2.75, 3.05) is 0 Å². The molecule has 0 bridgehead atoms. The molecule has 0 spiro atoms. The molecule has 0 aliphatic heterocycles. The summed E-state index contributed by atoms with van der Waals surface area (Å²) in [6.45, 7) is 4.28. The van der Waals surface area contributed by atoms with Crippen LogP contribution in [0.4, 0.5) is 0 Å². The molecule has 0 saturated carbocycles. The molecule has 18 heavy (non-hydrogen) atoms. The van der Waals surface area contributed by atoms with Gasteiger partial charge in [0.05, 0.1) is 0 Å². The van der Waals surface area contributed by atoms with Crippen LogP contribution in [0, 0.1) is 5.41 Å². The van der Waals surface area contributed by atoms with Gasteiger partial charge in [-0.2, -0.15) is 0 Å². The molecule has 0 fully saturated rings. The Hall–Kier alpha value is -1.89. The molecule has 0 unspecified atom stereocenters. The number of allylic oxidation sites excluding steroid dienone is 2. The summed E-state index contributed by atoms with van der Waals surface area (Å²) in [7, 11) is 0. The van der Waals surface area contributed by atoms with Gasteiger partial charge in [-0.1, -0.05) is 50.2 Å². The van der Waals surface area contributed by atoms with Crippen LogP contribution >= 0.6 is 0 Å². The summed E-state index contributed by atoms with van der Waals surface area (Å²) in [5.41, 5.74) is 2.29. The first kappa shape index (κ1) is 11.2.